The third-order valence-corrected chi connectivity index (χ3v) is 2.87. The van der Waals surface area contributed by atoms with E-state index in [1.54, 1.807) is 18.2 Å². The van der Waals surface area contributed by atoms with Gasteiger partial charge >= 0.3 is 0 Å². The SMILES string of the molecule is N#Cc1ccccc1CCC(=O)Nc1cccc(F)c1. The molecule has 2 aromatic rings. The van der Waals surface area contributed by atoms with Crippen LogP contribution >= 0.6 is 0 Å². The molecule has 1 amide bonds. The molecule has 2 rings (SSSR count). The fourth-order valence-electron chi connectivity index (χ4n) is 1.89. The molecular weight excluding hydrogens is 255 g/mol. The topological polar surface area (TPSA) is 52.9 Å². The van der Waals surface area contributed by atoms with Gasteiger partial charge in [0.15, 0.2) is 0 Å². The van der Waals surface area contributed by atoms with Crippen molar-refractivity contribution < 1.29 is 9.18 Å². The Balaban J connectivity index is 1.94. The second-order valence-electron chi connectivity index (χ2n) is 4.33. The first-order valence-electron chi connectivity index (χ1n) is 6.22. The third kappa shape index (κ3) is 3.66. The van der Waals surface area contributed by atoms with Crippen molar-refractivity contribution in [3.63, 3.8) is 0 Å². The van der Waals surface area contributed by atoms with E-state index >= 15 is 0 Å². The summed E-state index contributed by atoms with van der Waals surface area (Å²) in [6.45, 7) is 0. The molecule has 100 valence electrons. The molecule has 0 fully saturated rings. The highest BCUT2D eigenvalue weighted by molar-refractivity contribution is 5.90. The van der Waals surface area contributed by atoms with Crippen molar-refractivity contribution in [3.8, 4) is 6.07 Å². The Hall–Kier alpha value is -2.67. The van der Waals surface area contributed by atoms with Gasteiger partial charge in [-0.15, -0.1) is 0 Å². The Morgan fingerprint density at radius 3 is 2.75 bits per heavy atom. The molecule has 20 heavy (non-hydrogen) atoms. The van der Waals surface area contributed by atoms with Crippen LogP contribution in [0.4, 0.5) is 10.1 Å². The molecule has 0 spiro atoms. The number of anilines is 1. The maximum atomic E-state index is 13.0. The zero-order chi connectivity index (χ0) is 14.4. The standard InChI is InChI=1S/C16H13FN2O/c17-14-6-3-7-15(10-14)19-16(20)9-8-12-4-1-2-5-13(12)11-18/h1-7,10H,8-9H2,(H,19,20). The summed E-state index contributed by atoms with van der Waals surface area (Å²) in [6, 6.07) is 15.0. The Labute approximate surface area is 116 Å². The zero-order valence-corrected chi connectivity index (χ0v) is 10.8. The van der Waals surface area contributed by atoms with E-state index < -0.39 is 5.82 Å². The fraction of sp³-hybridized carbons (Fsp3) is 0.125. The fourth-order valence-corrected chi connectivity index (χ4v) is 1.89. The van der Waals surface area contributed by atoms with Gasteiger partial charge in [-0.3, -0.25) is 4.79 Å². The summed E-state index contributed by atoms with van der Waals surface area (Å²) >= 11 is 0. The number of rotatable bonds is 4. The van der Waals surface area contributed by atoms with Crippen LogP contribution in [0.3, 0.4) is 0 Å². The molecule has 2 aromatic carbocycles. The molecule has 0 aliphatic rings. The number of nitrogens with one attached hydrogen (secondary N) is 1. The zero-order valence-electron chi connectivity index (χ0n) is 10.8. The van der Waals surface area contributed by atoms with Crippen LogP contribution in [0.25, 0.3) is 0 Å². The first-order valence-corrected chi connectivity index (χ1v) is 6.22. The van der Waals surface area contributed by atoms with Gasteiger partial charge in [-0.05, 0) is 36.2 Å². The lowest BCUT2D eigenvalue weighted by Gasteiger charge is -2.06. The van der Waals surface area contributed by atoms with Gasteiger partial charge in [-0.2, -0.15) is 5.26 Å². The van der Waals surface area contributed by atoms with Crippen LogP contribution in [-0.2, 0) is 11.2 Å². The quantitative estimate of drug-likeness (QED) is 0.925. The first-order chi connectivity index (χ1) is 9.69. The van der Waals surface area contributed by atoms with Crippen LogP contribution in [-0.4, -0.2) is 5.91 Å². The van der Waals surface area contributed by atoms with Gasteiger partial charge in [0.1, 0.15) is 5.82 Å². The van der Waals surface area contributed by atoms with Crippen LogP contribution in [0.5, 0.6) is 0 Å². The molecule has 0 aliphatic carbocycles. The van der Waals surface area contributed by atoms with Crippen molar-refractivity contribution in [3.05, 3.63) is 65.5 Å². The molecule has 4 heteroatoms. The summed E-state index contributed by atoms with van der Waals surface area (Å²) in [5.41, 5.74) is 1.85. The molecule has 0 radical (unpaired) electrons. The lowest BCUT2D eigenvalue weighted by atomic mass is 10.0. The minimum atomic E-state index is -0.391. The highest BCUT2D eigenvalue weighted by atomic mass is 19.1. The largest absolute Gasteiger partial charge is 0.326 e. The molecule has 0 saturated heterocycles. The Morgan fingerprint density at radius 2 is 2.00 bits per heavy atom. The van der Waals surface area contributed by atoms with Crippen molar-refractivity contribution in [1.82, 2.24) is 0 Å². The average Bonchev–Trinajstić information content (AvgIpc) is 2.45. The second-order valence-corrected chi connectivity index (χ2v) is 4.33. The van der Waals surface area contributed by atoms with Gasteiger partial charge in [-0.1, -0.05) is 24.3 Å². The number of nitrogens with zero attached hydrogens (tertiary/aromatic N) is 1. The first kappa shape index (κ1) is 13.8. The minimum absolute atomic E-state index is 0.205. The van der Waals surface area contributed by atoms with Crippen molar-refractivity contribution in [2.45, 2.75) is 12.8 Å². The van der Waals surface area contributed by atoms with E-state index in [1.165, 1.54) is 18.2 Å². The molecule has 3 nitrogen and oxygen atoms in total. The average molecular weight is 268 g/mol. The lowest BCUT2D eigenvalue weighted by Crippen LogP contribution is -2.12. The summed E-state index contributed by atoms with van der Waals surface area (Å²) in [4.78, 5) is 11.8. The highest BCUT2D eigenvalue weighted by Crippen LogP contribution is 2.12. The van der Waals surface area contributed by atoms with Gasteiger partial charge < -0.3 is 5.32 Å². The number of halogens is 1. The van der Waals surface area contributed by atoms with Crippen molar-refractivity contribution in [2.24, 2.45) is 0 Å². The number of hydrogen-bond donors (Lipinski definition) is 1. The van der Waals surface area contributed by atoms with Gasteiger partial charge in [0.05, 0.1) is 11.6 Å². The van der Waals surface area contributed by atoms with Crippen molar-refractivity contribution in [1.29, 1.82) is 5.26 Å². The Morgan fingerprint density at radius 1 is 1.20 bits per heavy atom. The van der Waals surface area contributed by atoms with E-state index in [2.05, 4.69) is 11.4 Å². The molecule has 1 N–H and O–H groups in total. The molecule has 0 atom stereocenters. The predicted octanol–water partition coefficient (Wildman–Crippen LogP) is 3.27. The molecule has 0 unspecified atom stereocenters. The summed E-state index contributed by atoms with van der Waals surface area (Å²) in [6.07, 6.45) is 0.722. The van der Waals surface area contributed by atoms with Gasteiger partial charge in [0.25, 0.3) is 0 Å². The lowest BCUT2D eigenvalue weighted by molar-refractivity contribution is -0.116. The van der Waals surface area contributed by atoms with Gasteiger partial charge in [0, 0.05) is 12.1 Å². The summed E-state index contributed by atoms with van der Waals surface area (Å²) in [5.74, 6) is -0.596. The predicted molar refractivity (Wildman–Crippen MR) is 74.5 cm³/mol. The number of aryl methyl sites for hydroxylation is 1. The molecule has 0 bridgehead atoms. The van der Waals surface area contributed by atoms with Crippen molar-refractivity contribution >= 4 is 11.6 Å². The van der Waals surface area contributed by atoms with E-state index in [0.717, 1.165) is 5.56 Å². The van der Waals surface area contributed by atoms with Crippen molar-refractivity contribution in [2.75, 3.05) is 5.32 Å². The summed E-state index contributed by atoms with van der Waals surface area (Å²) in [5, 5.41) is 11.6. The third-order valence-electron chi connectivity index (χ3n) is 2.87. The van der Waals surface area contributed by atoms with E-state index in [-0.39, 0.29) is 12.3 Å². The number of nitriles is 1. The highest BCUT2D eigenvalue weighted by Gasteiger charge is 2.06. The normalized spacial score (nSPS) is 9.80. The van der Waals surface area contributed by atoms with Crippen LogP contribution in [0.15, 0.2) is 48.5 Å². The summed E-state index contributed by atoms with van der Waals surface area (Å²) < 4.78 is 13.0. The number of benzene rings is 2. The molecule has 0 aromatic heterocycles. The van der Waals surface area contributed by atoms with E-state index in [0.29, 0.717) is 17.7 Å². The molecule has 0 saturated carbocycles. The van der Waals surface area contributed by atoms with E-state index in [9.17, 15) is 9.18 Å². The molecular formula is C16H13FN2O. The maximum absolute atomic E-state index is 13.0. The Bertz CT molecular complexity index is 662. The number of carbonyl (C=O) groups excluding carboxylic acids is 1. The summed E-state index contributed by atoms with van der Waals surface area (Å²) in [7, 11) is 0. The molecule has 0 aliphatic heterocycles. The van der Waals surface area contributed by atoms with Gasteiger partial charge in [0.2, 0.25) is 5.91 Å². The number of carbonyl (C=O) groups is 1. The van der Waals surface area contributed by atoms with Gasteiger partial charge in [-0.25, -0.2) is 4.39 Å². The Kier molecular flexibility index (Phi) is 4.46. The molecule has 0 heterocycles. The van der Waals surface area contributed by atoms with Crippen LogP contribution < -0.4 is 5.32 Å². The van der Waals surface area contributed by atoms with E-state index in [4.69, 9.17) is 5.26 Å². The van der Waals surface area contributed by atoms with Crippen LogP contribution in [0.2, 0.25) is 0 Å². The van der Waals surface area contributed by atoms with E-state index in [1.807, 2.05) is 12.1 Å². The van der Waals surface area contributed by atoms with Crippen LogP contribution in [0.1, 0.15) is 17.5 Å². The number of amides is 1. The second kappa shape index (κ2) is 6.48. The van der Waals surface area contributed by atoms with Crippen LogP contribution in [0, 0.1) is 17.1 Å². The minimum Gasteiger partial charge on any atom is -0.326 e. The maximum Gasteiger partial charge on any atom is 0.224 e. The number of hydrogen-bond acceptors (Lipinski definition) is 2. The smallest absolute Gasteiger partial charge is 0.224 e. The monoisotopic (exact) mass is 268 g/mol.